The fraction of sp³-hybridized carbons (Fsp3) is 0.535. The van der Waals surface area contributed by atoms with Crippen LogP contribution in [-0.4, -0.2) is 94.3 Å². The number of carbonyl (C=O) groups is 4. The first-order valence-electron chi connectivity index (χ1n) is 20.4. The van der Waals surface area contributed by atoms with Gasteiger partial charge in [-0.25, -0.2) is 13.2 Å². The van der Waals surface area contributed by atoms with E-state index in [1.54, 1.807) is 11.9 Å². The number of nitrogens with zero attached hydrogens (tertiary/aromatic N) is 4. The van der Waals surface area contributed by atoms with Gasteiger partial charge in [0.25, 0.3) is 5.91 Å². The van der Waals surface area contributed by atoms with E-state index in [0.29, 0.717) is 36.4 Å². The fourth-order valence-corrected chi connectivity index (χ4v) is 9.50. The first-order valence-corrected chi connectivity index (χ1v) is 21.9. The summed E-state index contributed by atoms with van der Waals surface area (Å²) in [5.74, 6) is -1.88. The number of benzene rings is 2. The lowest BCUT2D eigenvalue weighted by atomic mass is 9.85. The maximum Gasteiger partial charge on any atom is 0.408 e. The van der Waals surface area contributed by atoms with E-state index in [0.717, 1.165) is 36.0 Å². The van der Waals surface area contributed by atoms with Gasteiger partial charge >= 0.3 is 6.09 Å². The van der Waals surface area contributed by atoms with Gasteiger partial charge < -0.3 is 25.0 Å². The highest BCUT2D eigenvalue weighted by Crippen LogP contribution is 2.46. The maximum absolute atomic E-state index is 14.9. The standard InChI is InChI=1S/C43H55N7O8S/c1-8-29-24-43(29,39(53)48-59(55,56)32-19-20-32)45-37(51)33-23-30-25-49(33)38(52)36(41(2,3)4)44-40(54)58-42(5,6)21-10-9-12-26-13-11-14-28(22-26)35-34(46-50(30)47-35)27-15-17-31(57-7)18-16-27/h8,11,13-18,22,29-30,32-33,36H,1,9-10,12,19-21,23-25H2,2-7H3,(H,44,54)(H,45,51)(H,48,53)/t29-,30-,33+,36-,43-/m1/s1. The second-order valence-corrected chi connectivity index (χ2v) is 20.0. The Bertz CT molecular complexity index is 2240. The summed E-state index contributed by atoms with van der Waals surface area (Å²) in [6, 6.07) is 12.7. The molecule has 1 aromatic heterocycles. The van der Waals surface area contributed by atoms with Gasteiger partial charge in [-0.3, -0.25) is 19.1 Å². The molecular formula is C43H55N7O8S. The van der Waals surface area contributed by atoms with Crippen LogP contribution in [0.25, 0.3) is 22.5 Å². The number of alkyl carbamates (subject to hydrolysis) is 1. The number of aromatic nitrogens is 3. The third kappa shape index (κ3) is 8.87. The topological polar surface area (TPSA) is 191 Å². The first-order chi connectivity index (χ1) is 27.8. The molecule has 4 aliphatic rings. The van der Waals surface area contributed by atoms with E-state index in [1.807, 2.05) is 71.0 Å². The zero-order valence-electron chi connectivity index (χ0n) is 34.6. The number of fused-ring (bicyclic) bond motifs is 8. The van der Waals surface area contributed by atoms with Crippen LogP contribution < -0.4 is 20.1 Å². The molecule has 0 unspecified atom stereocenters. The second kappa shape index (κ2) is 15.7. The number of ether oxygens (including phenoxy) is 2. The minimum atomic E-state index is -3.92. The summed E-state index contributed by atoms with van der Waals surface area (Å²) in [5.41, 5.74) is 0.731. The van der Waals surface area contributed by atoms with Crippen molar-refractivity contribution in [2.75, 3.05) is 13.7 Å². The van der Waals surface area contributed by atoms with Crippen LogP contribution in [0.5, 0.6) is 5.75 Å². The van der Waals surface area contributed by atoms with Gasteiger partial charge in [-0.2, -0.15) is 15.0 Å². The van der Waals surface area contributed by atoms with E-state index < -0.39 is 79.7 Å². The van der Waals surface area contributed by atoms with Crippen molar-refractivity contribution in [1.82, 2.24) is 35.2 Å². The molecule has 3 N–H and O–H groups in total. The van der Waals surface area contributed by atoms with Crippen molar-refractivity contribution in [3.63, 3.8) is 0 Å². The van der Waals surface area contributed by atoms with Crippen LogP contribution in [0, 0.1) is 11.3 Å². The number of rotatable bonds is 8. The third-order valence-corrected chi connectivity index (χ3v) is 13.7. The monoisotopic (exact) mass is 829 g/mol. The van der Waals surface area contributed by atoms with Crippen LogP contribution in [0.2, 0.25) is 0 Å². The number of hydrogen-bond donors (Lipinski definition) is 3. The lowest BCUT2D eigenvalue weighted by Gasteiger charge is -2.36. The number of aryl methyl sites for hydroxylation is 1. The Labute approximate surface area is 345 Å². The molecule has 15 nitrogen and oxygen atoms in total. The number of amides is 4. The summed E-state index contributed by atoms with van der Waals surface area (Å²) in [7, 11) is -2.32. The normalized spacial score (nSPS) is 26.0. The molecule has 2 aliphatic heterocycles. The molecule has 5 atom stereocenters. The maximum atomic E-state index is 14.9. The summed E-state index contributed by atoms with van der Waals surface area (Å²) in [4.78, 5) is 59.7. The van der Waals surface area contributed by atoms with Gasteiger partial charge in [-0.15, -0.1) is 6.58 Å². The molecule has 2 aromatic carbocycles. The average molecular weight is 830 g/mol. The molecule has 1 saturated heterocycles. The summed E-state index contributed by atoms with van der Waals surface area (Å²) >= 11 is 0. The molecule has 2 aliphatic carbocycles. The van der Waals surface area contributed by atoms with Crippen molar-refractivity contribution < 1.29 is 37.1 Å². The highest BCUT2D eigenvalue weighted by Gasteiger charge is 2.62. The largest absolute Gasteiger partial charge is 0.497 e. The van der Waals surface area contributed by atoms with Gasteiger partial charge in [-0.05, 0) is 100 Å². The smallest absolute Gasteiger partial charge is 0.408 e. The molecule has 0 radical (unpaired) electrons. The molecule has 3 heterocycles. The van der Waals surface area contributed by atoms with Crippen molar-refractivity contribution >= 4 is 33.8 Å². The predicted octanol–water partition coefficient (Wildman–Crippen LogP) is 5.08. The van der Waals surface area contributed by atoms with Gasteiger partial charge in [0.1, 0.15) is 40.4 Å². The van der Waals surface area contributed by atoms with Crippen LogP contribution in [0.15, 0.2) is 61.2 Å². The number of cyclic esters (lactones) is 1. The Morgan fingerprint density at radius 2 is 1.73 bits per heavy atom. The minimum absolute atomic E-state index is 0.0118. The predicted molar refractivity (Wildman–Crippen MR) is 220 cm³/mol. The first kappa shape index (κ1) is 41.9. The highest BCUT2D eigenvalue weighted by molar-refractivity contribution is 7.91. The van der Waals surface area contributed by atoms with Gasteiger partial charge in [0.2, 0.25) is 21.8 Å². The number of hydrogen-bond acceptors (Lipinski definition) is 10. The minimum Gasteiger partial charge on any atom is -0.497 e. The molecule has 3 aromatic rings. The number of sulfonamides is 1. The lowest BCUT2D eigenvalue weighted by Crippen LogP contribution is -2.60. The summed E-state index contributed by atoms with van der Waals surface area (Å²) in [5, 5.41) is 15.1. The van der Waals surface area contributed by atoms with Crippen molar-refractivity contribution in [3.8, 4) is 28.3 Å². The van der Waals surface area contributed by atoms with E-state index in [9.17, 15) is 27.6 Å². The number of methoxy groups -OCH3 is 1. The van der Waals surface area contributed by atoms with E-state index in [2.05, 4.69) is 34.1 Å². The summed E-state index contributed by atoms with van der Waals surface area (Å²) in [6.45, 7) is 12.9. The van der Waals surface area contributed by atoms with Gasteiger partial charge in [0.05, 0.1) is 18.4 Å². The molecule has 6 bridgehead atoms. The second-order valence-electron chi connectivity index (χ2n) is 18.0. The van der Waals surface area contributed by atoms with Crippen molar-refractivity contribution in [1.29, 1.82) is 0 Å². The quantitative estimate of drug-likeness (QED) is 0.258. The van der Waals surface area contributed by atoms with E-state index in [-0.39, 0.29) is 19.4 Å². The zero-order chi connectivity index (χ0) is 42.5. The van der Waals surface area contributed by atoms with Crippen LogP contribution in [0.3, 0.4) is 0 Å². The molecule has 16 heteroatoms. The highest BCUT2D eigenvalue weighted by atomic mass is 32.2. The molecule has 2 saturated carbocycles. The Morgan fingerprint density at radius 3 is 2.36 bits per heavy atom. The lowest BCUT2D eigenvalue weighted by molar-refractivity contribution is -0.143. The van der Waals surface area contributed by atoms with Gasteiger partial charge in [0.15, 0.2) is 0 Å². The average Bonchev–Trinajstić information content (AvgIpc) is 4.07. The SMILES string of the molecule is C=C[C@@H]1C[C@]1(NC(=O)[C@@H]1C[C@@H]2CN1C(=O)[C@H](C(C)(C)C)NC(=O)OC(C)(C)CCCCc1cccc(c1)-c1nn2nc1-c1ccc(OC)cc1)C(=O)NS(=O)(=O)C1CC1. The Balaban J connectivity index is 1.30. The zero-order valence-corrected chi connectivity index (χ0v) is 35.4. The molecule has 316 valence electrons. The number of carbonyl (C=O) groups excluding carboxylic acids is 4. The van der Waals surface area contributed by atoms with E-state index >= 15 is 0 Å². The molecule has 7 rings (SSSR count). The van der Waals surface area contributed by atoms with Crippen LogP contribution in [0.4, 0.5) is 4.79 Å². The Kier molecular flexibility index (Phi) is 11.2. The Hall–Kier alpha value is -5.25. The van der Waals surface area contributed by atoms with Gasteiger partial charge in [-0.1, -0.05) is 45.0 Å². The third-order valence-electron chi connectivity index (χ3n) is 11.9. The van der Waals surface area contributed by atoms with Crippen LogP contribution in [-0.2, 0) is 35.6 Å². The summed E-state index contributed by atoms with van der Waals surface area (Å²) < 4.78 is 39.2. The molecule has 0 spiro atoms. The fourth-order valence-electron chi connectivity index (χ4n) is 8.13. The van der Waals surface area contributed by atoms with Crippen molar-refractivity contribution in [3.05, 3.63) is 66.7 Å². The van der Waals surface area contributed by atoms with Crippen molar-refractivity contribution in [2.45, 2.75) is 121 Å². The van der Waals surface area contributed by atoms with Crippen LogP contribution >= 0.6 is 0 Å². The van der Waals surface area contributed by atoms with Crippen molar-refractivity contribution in [2.24, 2.45) is 11.3 Å². The molecule has 3 fully saturated rings. The molecular weight excluding hydrogens is 775 g/mol. The molecule has 4 amide bonds. The summed E-state index contributed by atoms with van der Waals surface area (Å²) in [6.07, 6.45) is 4.87. The van der Waals surface area contributed by atoms with Crippen LogP contribution in [0.1, 0.15) is 91.2 Å². The molecule has 59 heavy (non-hydrogen) atoms. The number of nitrogens with one attached hydrogen (secondary N) is 3. The van der Waals surface area contributed by atoms with Gasteiger partial charge in [0, 0.05) is 30.0 Å². The Morgan fingerprint density at radius 1 is 1.03 bits per heavy atom. The van der Waals surface area contributed by atoms with E-state index in [4.69, 9.17) is 19.7 Å². The van der Waals surface area contributed by atoms with E-state index in [1.165, 1.54) is 11.0 Å².